The highest BCUT2D eigenvalue weighted by molar-refractivity contribution is 6.35. The summed E-state index contributed by atoms with van der Waals surface area (Å²) < 4.78 is 0. The fourth-order valence-electron chi connectivity index (χ4n) is 4.28. The molecule has 0 aliphatic rings. The molecule has 0 bridgehead atoms. The number of nitriles is 4. The summed E-state index contributed by atoms with van der Waals surface area (Å²) in [5, 5.41) is 45.2. The summed E-state index contributed by atoms with van der Waals surface area (Å²) >= 11 is 0. The summed E-state index contributed by atoms with van der Waals surface area (Å²) in [6.07, 6.45) is 0. The van der Waals surface area contributed by atoms with Crippen LogP contribution < -0.4 is 0 Å². The molecule has 0 spiro atoms. The maximum absolute atomic E-state index is 9.83. The molecule has 0 saturated heterocycles. The van der Waals surface area contributed by atoms with Gasteiger partial charge in [-0.15, -0.1) is 0 Å². The van der Waals surface area contributed by atoms with Crippen LogP contribution in [0.3, 0.4) is 0 Å². The van der Waals surface area contributed by atoms with E-state index in [0.717, 1.165) is 43.1 Å². The topological polar surface area (TPSA) is 95.2 Å². The van der Waals surface area contributed by atoms with E-state index in [2.05, 4.69) is 24.3 Å². The van der Waals surface area contributed by atoms with Crippen LogP contribution in [0.25, 0.3) is 43.1 Å². The summed E-state index contributed by atoms with van der Waals surface area (Å²) in [7, 11) is 0. The van der Waals surface area contributed by atoms with Crippen molar-refractivity contribution in [2.75, 3.05) is 0 Å². The summed E-state index contributed by atoms with van der Waals surface area (Å²) in [5.41, 5.74) is 1.33. The van der Waals surface area contributed by atoms with Gasteiger partial charge < -0.3 is 0 Å². The highest BCUT2D eigenvalue weighted by Gasteiger charge is 2.21. The second-order valence-corrected chi connectivity index (χ2v) is 6.60. The minimum atomic E-state index is 0.330. The van der Waals surface area contributed by atoms with E-state index in [0.29, 0.717) is 22.3 Å². The van der Waals surface area contributed by atoms with Gasteiger partial charge in [0, 0.05) is 10.8 Å². The highest BCUT2D eigenvalue weighted by atomic mass is 14.3. The van der Waals surface area contributed by atoms with Gasteiger partial charge in [0.2, 0.25) is 0 Å². The van der Waals surface area contributed by atoms with Crippen molar-refractivity contribution in [3.05, 3.63) is 70.8 Å². The van der Waals surface area contributed by atoms with Crippen molar-refractivity contribution in [3.8, 4) is 24.3 Å². The Morgan fingerprint density at radius 2 is 0.929 bits per heavy atom. The molecule has 0 heterocycles. The molecular weight excluding hydrogens is 344 g/mol. The van der Waals surface area contributed by atoms with Crippen LogP contribution in [0.1, 0.15) is 22.3 Å². The number of hydrogen-bond acceptors (Lipinski definition) is 4. The average Bonchev–Trinajstić information content (AvgIpc) is 2.75. The number of rotatable bonds is 0. The fourth-order valence-corrected chi connectivity index (χ4v) is 4.28. The molecule has 28 heavy (non-hydrogen) atoms. The largest absolute Gasteiger partial charge is 0.192 e. The van der Waals surface area contributed by atoms with E-state index >= 15 is 0 Å². The lowest BCUT2D eigenvalue weighted by atomic mass is 9.84. The van der Waals surface area contributed by atoms with Crippen molar-refractivity contribution in [2.45, 2.75) is 0 Å². The third kappa shape index (κ3) is 1.74. The molecule has 0 radical (unpaired) electrons. The quantitative estimate of drug-likeness (QED) is 0.282. The van der Waals surface area contributed by atoms with Crippen LogP contribution in [0, 0.1) is 45.3 Å². The first kappa shape index (κ1) is 15.6. The Morgan fingerprint density at radius 1 is 0.500 bits per heavy atom. The lowest BCUT2D eigenvalue weighted by Gasteiger charge is -2.17. The minimum absolute atomic E-state index is 0.330. The van der Waals surface area contributed by atoms with Crippen LogP contribution in [0.15, 0.2) is 48.5 Å². The third-order valence-corrected chi connectivity index (χ3v) is 5.33. The normalized spacial score (nSPS) is 10.7. The molecule has 0 aliphatic carbocycles. The molecule has 4 heteroatoms. The first-order valence-corrected chi connectivity index (χ1v) is 8.54. The zero-order valence-electron chi connectivity index (χ0n) is 14.4. The molecule has 0 fully saturated rings. The number of hydrogen-bond donors (Lipinski definition) is 0. The predicted molar refractivity (Wildman–Crippen MR) is 107 cm³/mol. The summed E-state index contributed by atoms with van der Waals surface area (Å²) in [6.45, 7) is 0. The molecule has 124 valence electrons. The van der Waals surface area contributed by atoms with Gasteiger partial charge in [0.1, 0.15) is 24.3 Å². The van der Waals surface area contributed by atoms with Gasteiger partial charge in [-0.05, 0) is 44.5 Å². The van der Waals surface area contributed by atoms with E-state index in [4.69, 9.17) is 0 Å². The molecule has 5 aromatic rings. The molecule has 5 aromatic carbocycles. The zero-order chi connectivity index (χ0) is 19.4. The van der Waals surface area contributed by atoms with E-state index in [1.807, 2.05) is 36.4 Å². The third-order valence-electron chi connectivity index (χ3n) is 5.33. The second-order valence-electron chi connectivity index (χ2n) is 6.60. The molecular formula is C24H8N4. The Kier molecular flexibility index (Phi) is 3.02. The molecule has 4 nitrogen and oxygen atoms in total. The molecule has 0 aliphatic heterocycles. The zero-order valence-corrected chi connectivity index (χ0v) is 14.4. The standard InChI is InChI=1S/C24H8N4/c25-9-15-7-13-3-1-5-17-21(13)24(20(15)12-28)18-6-2-4-14-8-16(10-26)19(11-27)23(17)22(14)18/h1-8H. The van der Waals surface area contributed by atoms with Crippen molar-refractivity contribution < 1.29 is 0 Å². The van der Waals surface area contributed by atoms with E-state index in [9.17, 15) is 21.0 Å². The van der Waals surface area contributed by atoms with Crippen molar-refractivity contribution in [3.63, 3.8) is 0 Å². The van der Waals surface area contributed by atoms with E-state index in [-0.39, 0.29) is 0 Å². The Balaban J connectivity index is 2.31. The van der Waals surface area contributed by atoms with Crippen LogP contribution in [0.4, 0.5) is 0 Å². The summed E-state index contributed by atoms with van der Waals surface area (Å²) in [5.74, 6) is 0. The maximum atomic E-state index is 9.83. The number of benzene rings is 5. The van der Waals surface area contributed by atoms with Crippen LogP contribution in [-0.4, -0.2) is 0 Å². The fraction of sp³-hybridized carbons (Fsp3) is 0. The van der Waals surface area contributed by atoms with E-state index in [1.54, 1.807) is 12.1 Å². The van der Waals surface area contributed by atoms with Crippen molar-refractivity contribution in [1.82, 2.24) is 0 Å². The van der Waals surface area contributed by atoms with Gasteiger partial charge in [0.05, 0.1) is 22.3 Å². The predicted octanol–water partition coefficient (Wildman–Crippen LogP) is 5.22. The van der Waals surface area contributed by atoms with E-state index in [1.165, 1.54) is 0 Å². The van der Waals surface area contributed by atoms with Crippen molar-refractivity contribution in [2.24, 2.45) is 0 Å². The lowest BCUT2D eigenvalue weighted by molar-refractivity contribution is 1.46. The number of fused-ring (bicyclic) bond motifs is 2. The van der Waals surface area contributed by atoms with Gasteiger partial charge in [-0.1, -0.05) is 36.4 Å². The Morgan fingerprint density at radius 3 is 1.29 bits per heavy atom. The highest BCUT2D eigenvalue weighted by Crippen LogP contribution is 2.44. The molecule has 0 atom stereocenters. The van der Waals surface area contributed by atoms with Gasteiger partial charge in [-0.25, -0.2) is 0 Å². The van der Waals surface area contributed by atoms with Crippen molar-refractivity contribution >= 4 is 43.1 Å². The molecule has 5 rings (SSSR count). The lowest BCUT2D eigenvalue weighted by Crippen LogP contribution is -1.96. The van der Waals surface area contributed by atoms with E-state index < -0.39 is 0 Å². The molecule has 0 saturated carbocycles. The maximum Gasteiger partial charge on any atom is 0.101 e. The average molecular weight is 352 g/mol. The van der Waals surface area contributed by atoms with Crippen LogP contribution in [0.5, 0.6) is 0 Å². The first-order valence-electron chi connectivity index (χ1n) is 8.54. The monoisotopic (exact) mass is 352 g/mol. The molecule has 0 amide bonds. The van der Waals surface area contributed by atoms with Gasteiger partial charge in [0.15, 0.2) is 0 Å². The minimum Gasteiger partial charge on any atom is -0.192 e. The van der Waals surface area contributed by atoms with Crippen LogP contribution in [-0.2, 0) is 0 Å². The Hall–Kier alpha value is -4.64. The second kappa shape index (κ2) is 5.43. The summed E-state index contributed by atoms with van der Waals surface area (Å²) in [4.78, 5) is 0. The van der Waals surface area contributed by atoms with Crippen LogP contribution in [0.2, 0.25) is 0 Å². The van der Waals surface area contributed by atoms with Crippen LogP contribution >= 0.6 is 0 Å². The Bertz CT molecular complexity index is 1520. The van der Waals surface area contributed by atoms with Gasteiger partial charge in [-0.2, -0.15) is 21.0 Å². The molecule has 0 N–H and O–H groups in total. The summed E-state index contributed by atoms with van der Waals surface area (Å²) in [6, 6.07) is 23.5. The van der Waals surface area contributed by atoms with Gasteiger partial charge in [-0.3, -0.25) is 0 Å². The molecule has 0 aromatic heterocycles. The number of nitrogens with zero attached hydrogens (tertiary/aromatic N) is 4. The Labute approximate surface area is 159 Å². The van der Waals surface area contributed by atoms with Gasteiger partial charge in [0.25, 0.3) is 0 Å². The van der Waals surface area contributed by atoms with Crippen molar-refractivity contribution in [1.29, 1.82) is 21.0 Å². The first-order chi connectivity index (χ1) is 13.7. The van der Waals surface area contributed by atoms with Gasteiger partial charge >= 0.3 is 0 Å². The molecule has 0 unspecified atom stereocenters. The smallest absolute Gasteiger partial charge is 0.101 e. The SMILES string of the molecule is N#Cc1cc2cccc3c4c(C#N)c(C#N)cc5cccc(c(c1C#N)c23)c54.